The molecule has 0 spiro atoms. The van der Waals surface area contributed by atoms with Gasteiger partial charge in [0, 0.05) is 62.4 Å². The fraction of sp³-hybridized carbons (Fsp3) is 0.480. The summed E-state index contributed by atoms with van der Waals surface area (Å²) in [6.07, 6.45) is 7.68. The van der Waals surface area contributed by atoms with Crippen molar-refractivity contribution in [2.24, 2.45) is 5.73 Å². The highest BCUT2D eigenvalue weighted by Crippen LogP contribution is 2.37. The van der Waals surface area contributed by atoms with Gasteiger partial charge < -0.3 is 44.8 Å². The number of hydrogen-bond acceptors (Lipinski definition) is 16. The van der Waals surface area contributed by atoms with Crippen molar-refractivity contribution in [2.45, 2.75) is 129 Å². The Morgan fingerprint density at radius 1 is 0.784 bits per heavy atom. The molecule has 11 rings (SSSR count). The average Bonchev–Trinajstić information content (AvgIpc) is 4.28. The zero-order chi connectivity index (χ0) is 51.2. The summed E-state index contributed by atoms with van der Waals surface area (Å²) in [4.78, 5) is 53.8. The summed E-state index contributed by atoms with van der Waals surface area (Å²) in [5.74, 6) is 0.775. The number of amides is 3. The molecule has 3 amide bonds. The molecule has 4 aliphatic rings. The van der Waals surface area contributed by atoms with Crippen LogP contribution in [0.4, 0.5) is 11.9 Å². The number of carbonyl (C=O) groups excluding carboxylic acids is 3. The molecule has 24 heteroatoms. The number of nitrogens with zero attached hydrogens (tertiary/aromatic N) is 12. The molecule has 4 atom stereocenters. The Morgan fingerprint density at radius 3 is 2.05 bits per heavy atom. The number of hydrogen-bond donors (Lipinski definition) is 6. The van der Waals surface area contributed by atoms with Crippen LogP contribution in [0.25, 0.3) is 22.1 Å². The first-order valence-corrected chi connectivity index (χ1v) is 25.5. The molecule has 388 valence electrons. The molecule has 2 saturated heterocycles. The number of rotatable bonds is 12. The second-order valence-corrected chi connectivity index (χ2v) is 19.6. The van der Waals surface area contributed by atoms with E-state index in [9.17, 15) is 19.5 Å². The summed E-state index contributed by atoms with van der Waals surface area (Å²) >= 11 is 0. The zero-order valence-electron chi connectivity index (χ0n) is 41.8. The van der Waals surface area contributed by atoms with E-state index in [0.29, 0.717) is 94.2 Å². The topological polar surface area (TPSA) is 290 Å². The lowest BCUT2D eigenvalue weighted by Gasteiger charge is -2.37. The number of allylic oxidation sites excluding steroid dienone is 2. The highest BCUT2D eigenvalue weighted by molar-refractivity contribution is 6.04. The highest BCUT2D eigenvalue weighted by atomic mass is 16.5. The van der Waals surface area contributed by atoms with Crippen molar-refractivity contribution in [3.05, 3.63) is 88.3 Å². The fourth-order valence-electron chi connectivity index (χ4n) is 10.9. The number of aryl methyl sites for hydroxylation is 4. The van der Waals surface area contributed by atoms with Crippen LogP contribution in [0.5, 0.6) is 11.5 Å². The Morgan fingerprint density at radius 2 is 1.41 bits per heavy atom. The monoisotopic (exact) mass is 1010 g/mol. The molecule has 2 aromatic carbocycles. The number of anilines is 2. The average molecular weight is 1010 g/mol. The van der Waals surface area contributed by atoms with Gasteiger partial charge >= 0.3 is 0 Å². The number of nitrogens with one attached hydrogen (secondary N) is 4. The van der Waals surface area contributed by atoms with Gasteiger partial charge in [0.2, 0.25) is 17.8 Å². The van der Waals surface area contributed by atoms with Crippen LogP contribution < -0.4 is 31.2 Å². The lowest BCUT2D eigenvalue weighted by atomic mass is 9.85. The van der Waals surface area contributed by atoms with E-state index in [1.807, 2.05) is 55.0 Å². The summed E-state index contributed by atoms with van der Waals surface area (Å²) in [7, 11) is 0. The highest BCUT2D eigenvalue weighted by Gasteiger charge is 2.38. The Kier molecular flexibility index (Phi) is 13.3. The van der Waals surface area contributed by atoms with E-state index in [1.165, 1.54) is 0 Å². The molecule has 74 heavy (non-hydrogen) atoms. The number of benzene rings is 2. The molecule has 24 nitrogen and oxygen atoms in total. The summed E-state index contributed by atoms with van der Waals surface area (Å²) in [5, 5.41) is 44.9. The Balaban J connectivity index is 1.01. The lowest BCUT2D eigenvalue weighted by Crippen LogP contribution is -2.52. The molecule has 3 aliphatic heterocycles. The van der Waals surface area contributed by atoms with Crippen LogP contribution in [0.15, 0.2) is 48.6 Å². The maximum atomic E-state index is 14.4. The van der Waals surface area contributed by atoms with Crippen molar-refractivity contribution in [1.29, 1.82) is 0 Å². The van der Waals surface area contributed by atoms with Gasteiger partial charge in [-0.3, -0.25) is 34.0 Å². The molecular formula is C50H61N17O7. The first-order chi connectivity index (χ1) is 35.9. The molecule has 0 radical (unpaired) electrons. The molecular weight excluding hydrogens is 951 g/mol. The number of aromatic amines is 1. The van der Waals surface area contributed by atoms with Crippen LogP contribution in [0.2, 0.25) is 0 Å². The quantitative estimate of drug-likeness (QED) is 0.0741. The first-order valence-electron chi connectivity index (χ1n) is 25.5. The van der Waals surface area contributed by atoms with E-state index in [1.54, 1.807) is 39.7 Å². The number of primary amides is 1. The molecule has 1 aliphatic carbocycles. The molecule has 1 saturated carbocycles. The minimum absolute atomic E-state index is 0.0389. The summed E-state index contributed by atoms with van der Waals surface area (Å²) in [6.45, 7) is 10.5. The third-order valence-electron chi connectivity index (χ3n) is 14.6. The van der Waals surface area contributed by atoms with Gasteiger partial charge in [0.15, 0.2) is 12.1 Å². The van der Waals surface area contributed by atoms with Crippen molar-refractivity contribution < 1.29 is 33.7 Å². The number of tetrazole rings is 1. The number of H-pyrrole nitrogens is 1. The van der Waals surface area contributed by atoms with E-state index in [0.717, 1.165) is 44.2 Å². The van der Waals surface area contributed by atoms with Gasteiger partial charge in [0.1, 0.15) is 41.4 Å². The van der Waals surface area contributed by atoms with Gasteiger partial charge in [-0.1, -0.05) is 17.4 Å². The Hall–Kier alpha value is -7.70. The Bertz CT molecular complexity index is 3240. The van der Waals surface area contributed by atoms with Gasteiger partial charge in [-0.2, -0.15) is 15.4 Å². The van der Waals surface area contributed by atoms with Crippen LogP contribution in [-0.4, -0.2) is 138 Å². The van der Waals surface area contributed by atoms with Crippen LogP contribution in [0, 0.1) is 13.8 Å². The molecule has 4 unspecified atom stereocenters. The van der Waals surface area contributed by atoms with Crippen molar-refractivity contribution >= 4 is 51.7 Å². The second-order valence-electron chi connectivity index (χ2n) is 19.6. The maximum Gasteiger partial charge on any atom is 0.276 e. The molecule has 3 fully saturated rings. The van der Waals surface area contributed by atoms with Gasteiger partial charge in [0.05, 0.1) is 46.4 Å². The predicted molar refractivity (Wildman–Crippen MR) is 270 cm³/mol. The number of carbonyl (C=O) groups is 3. The minimum atomic E-state index is -1.21. The van der Waals surface area contributed by atoms with Gasteiger partial charge in [-0.05, 0) is 103 Å². The van der Waals surface area contributed by atoms with Crippen molar-refractivity contribution in [3.8, 4) is 11.5 Å². The van der Waals surface area contributed by atoms with Gasteiger partial charge in [0.25, 0.3) is 11.8 Å². The van der Waals surface area contributed by atoms with Crippen molar-refractivity contribution in [1.82, 2.24) is 69.5 Å². The number of fused-ring (bicyclic) bond motifs is 2. The van der Waals surface area contributed by atoms with Crippen molar-refractivity contribution in [2.75, 3.05) is 36.9 Å². The summed E-state index contributed by atoms with van der Waals surface area (Å²) in [5.41, 5.74) is 10.8. The van der Waals surface area contributed by atoms with E-state index in [-0.39, 0.29) is 73.9 Å². The lowest BCUT2D eigenvalue weighted by molar-refractivity contribution is -0.0639. The number of imidazole rings is 2. The third kappa shape index (κ3) is 9.66. The van der Waals surface area contributed by atoms with Crippen LogP contribution in [0.3, 0.4) is 0 Å². The van der Waals surface area contributed by atoms with E-state index in [4.69, 9.17) is 29.9 Å². The fourth-order valence-corrected chi connectivity index (χ4v) is 10.9. The first kappa shape index (κ1) is 48.6. The Labute approximate surface area is 425 Å². The second kappa shape index (κ2) is 20.3. The normalized spacial score (nSPS) is 22.1. The van der Waals surface area contributed by atoms with E-state index >= 15 is 0 Å². The SMILES string of the molecule is CCn1nc(C)cc1C(=O)Nc1nc2cc(C(=O)NC3CCC(c4nn[nH]n4)CC3)cc3c2n1C/C=C/Cn1c(NC(O)c2cc(C)nn2CC)nc2cc(C(N)=O)cc(c21)OCC(N1CC2CCC(C1)O2)CO3. The number of morpholine rings is 1. The zero-order valence-corrected chi connectivity index (χ0v) is 41.8. The molecule has 8 heterocycles. The number of nitrogens with two attached hydrogens (primary N) is 1. The predicted octanol–water partition coefficient (Wildman–Crippen LogP) is 4.12. The molecule has 5 aromatic heterocycles. The van der Waals surface area contributed by atoms with Crippen LogP contribution >= 0.6 is 0 Å². The van der Waals surface area contributed by atoms with Crippen molar-refractivity contribution in [3.63, 3.8) is 0 Å². The largest absolute Gasteiger partial charge is 0.490 e. The molecule has 7 N–H and O–H groups in total. The number of likely N-dealkylation sites (tertiary alicyclic amines) is 1. The third-order valence-corrected chi connectivity index (χ3v) is 14.6. The van der Waals surface area contributed by atoms with Crippen LogP contribution in [0.1, 0.15) is 119 Å². The minimum Gasteiger partial charge on any atom is -0.490 e. The van der Waals surface area contributed by atoms with E-state index < -0.39 is 18.0 Å². The smallest absolute Gasteiger partial charge is 0.276 e. The summed E-state index contributed by atoms with van der Waals surface area (Å²) < 4.78 is 27.2. The number of aliphatic hydroxyl groups is 1. The number of aromatic nitrogens is 12. The summed E-state index contributed by atoms with van der Waals surface area (Å²) in [6, 6.07) is 9.81. The van der Waals surface area contributed by atoms with Crippen LogP contribution in [-0.2, 0) is 30.9 Å². The number of ether oxygens (including phenoxy) is 3. The number of aliphatic hydroxyl groups excluding tert-OH is 1. The standard InChI is InChI=1S/C50H61N17O7/c1-5-66-38(17-27(3)59-66)47(70)55-49-53-36-19-30(44(51)68)21-40-42(36)64(49)15-7-8-16-65-43-37(54-50(65)56-48(71)39-18-28(4)60-67(39)6-2)20-31(46(69)52-32-11-9-29(10-12-32)45-57-61-62-58-45)22-41(43)73-26-33(25-72-40)63-23-34-13-14-35(24-63)74-34/h7-8,17-22,29,32-35,47,70H,5-6,9-16,23-26H2,1-4H3,(H2,51,68)(H,52,69)(H,53,55)(H,54,56,71)(H,57,58,61,62)/b8-7+. The van der Waals surface area contributed by atoms with Gasteiger partial charge in [-0.15, -0.1) is 10.2 Å². The van der Waals surface area contributed by atoms with Gasteiger partial charge in [-0.25, -0.2) is 9.97 Å². The maximum absolute atomic E-state index is 14.4. The molecule has 2 bridgehead atoms. The molecule has 7 aromatic rings. The van der Waals surface area contributed by atoms with E-state index in [2.05, 4.69) is 51.7 Å².